The fourth-order valence-electron chi connectivity index (χ4n) is 4.29. The van der Waals surface area contributed by atoms with E-state index in [-0.39, 0.29) is 24.5 Å². The molecule has 2 aliphatic rings. The highest BCUT2D eigenvalue weighted by atomic mass is 35.5. The van der Waals surface area contributed by atoms with Crippen molar-refractivity contribution in [3.8, 4) is 5.75 Å². The van der Waals surface area contributed by atoms with Crippen LogP contribution in [0.15, 0.2) is 63.9 Å². The summed E-state index contributed by atoms with van der Waals surface area (Å²) in [4.78, 5) is 15.6. The highest BCUT2D eigenvalue weighted by molar-refractivity contribution is 7.11. The monoisotopic (exact) mass is 502 g/mol. The number of halogens is 2. The van der Waals surface area contributed by atoms with Gasteiger partial charge in [-0.15, -0.1) is 22.7 Å². The topological polar surface area (TPSA) is 41.9 Å². The van der Waals surface area contributed by atoms with Crippen LogP contribution in [0.1, 0.15) is 35.1 Å². The molecule has 2 atom stereocenters. The van der Waals surface area contributed by atoms with Gasteiger partial charge in [-0.2, -0.15) is 5.10 Å². The van der Waals surface area contributed by atoms with Gasteiger partial charge >= 0.3 is 0 Å². The van der Waals surface area contributed by atoms with Crippen molar-refractivity contribution in [2.75, 3.05) is 6.61 Å². The molecule has 1 amide bonds. The van der Waals surface area contributed by atoms with Gasteiger partial charge in [0.25, 0.3) is 5.91 Å². The van der Waals surface area contributed by atoms with Crippen LogP contribution < -0.4 is 4.74 Å². The molecule has 1 aromatic carbocycles. The van der Waals surface area contributed by atoms with Crippen molar-refractivity contribution in [3.63, 3.8) is 0 Å². The third kappa shape index (κ3) is 4.37. The second-order valence-electron chi connectivity index (χ2n) is 7.73. The van der Waals surface area contributed by atoms with Gasteiger partial charge in [0, 0.05) is 20.7 Å². The Hall–Kier alpha value is -2.12. The van der Waals surface area contributed by atoms with Gasteiger partial charge in [0.05, 0.1) is 16.8 Å². The lowest BCUT2D eigenvalue weighted by Crippen LogP contribution is -2.34. The minimum Gasteiger partial charge on any atom is -0.482 e. The molecule has 0 spiro atoms. The summed E-state index contributed by atoms with van der Waals surface area (Å²) >= 11 is 15.5. The first kappa shape index (κ1) is 21.7. The van der Waals surface area contributed by atoms with E-state index in [9.17, 15) is 4.79 Å². The lowest BCUT2D eigenvalue weighted by Gasteiger charge is -2.28. The Bertz CT molecular complexity index is 1170. The van der Waals surface area contributed by atoms with Crippen LogP contribution in [0.4, 0.5) is 0 Å². The summed E-state index contributed by atoms with van der Waals surface area (Å²) in [6.45, 7) is -0.142. The van der Waals surface area contributed by atoms with E-state index in [1.54, 1.807) is 45.9 Å². The fourth-order valence-corrected chi connectivity index (χ4v) is 6.31. The quantitative estimate of drug-likeness (QED) is 0.366. The number of ether oxygens (including phenoxy) is 1. The molecule has 1 aliphatic heterocycles. The number of hydrogen-bond acceptors (Lipinski definition) is 5. The maximum Gasteiger partial charge on any atom is 0.281 e. The van der Waals surface area contributed by atoms with Crippen molar-refractivity contribution in [1.29, 1.82) is 0 Å². The normalized spacial score (nSPS) is 21.5. The Balaban J connectivity index is 1.43. The van der Waals surface area contributed by atoms with Crippen molar-refractivity contribution < 1.29 is 9.53 Å². The van der Waals surface area contributed by atoms with Gasteiger partial charge in [-0.3, -0.25) is 4.79 Å². The van der Waals surface area contributed by atoms with Gasteiger partial charge in [0.2, 0.25) is 0 Å². The van der Waals surface area contributed by atoms with Gasteiger partial charge < -0.3 is 4.74 Å². The Kier molecular flexibility index (Phi) is 6.37. The molecule has 4 nitrogen and oxygen atoms in total. The second-order valence-corrected chi connectivity index (χ2v) is 10.5. The predicted molar refractivity (Wildman–Crippen MR) is 133 cm³/mol. The summed E-state index contributed by atoms with van der Waals surface area (Å²) in [5.41, 5.74) is 2.25. The van der Waals surface area contributed by atoms with E-state index in [0.29, 0.717) is 15.8 Å². The van der Waals surface area contributed by atoms with E-state index < -0.39 is 0 Å². The molecule has 0 radical (unpaired) electrons. The third-order valence-corrected chi connectivity index (χ3v) is 7.99. The van der Waals surface area contributed by atoms with Crippen LogP contribution in [-0.4, -0.2) is 23.2 Å². The number of carbonyl (C=O) groups is 1. The summed E-state index contributed by atoms with van der Waals surface area (Å²) < 4.78 is 5.74. The van der Waals surface area contributed by atoms with Crippen LogP contribution in [-0.2, 0) is 4.79 Å². The van der Waals surface area contributed by atoms with E-state index >= 15 is 0 Å². The molecule has 164 valence electrons. The number of benzene rings is 1. The first-order chi connectivity index (χ1) is 15.6. The number of allylic oxidation sites excluding steroid dienone is 1. The van der Waals surface area contributed by atoms with Crippen LogP contribution in [0.25, 0.3) is 6.08 Å². The molecule has 1 fully saturated rings. The third-order valence-electron chi connectivity index (χ3n) is 5.70. The van der Waals surface area contributed by atoms with E-state index in [0.717, 1.165) is 29.9 Å². The van der Waals surface area contributed by atoms with Gasteiger partial charge in [-0.05, 0) is 72.0 Å². The lowest BCUT2D eigenvalue weighted by molar-refractivity contribution is -0.135. The van der Waals surface area contributed by atoms with E-state index in [4.69, 9.17) is 33.0 Å². The summed E-state index contributed by atoms with van der Waals surface area (Å²) in [6, 6.07) is 13.1. The summed E-state index contributed by atoms with van der Waals surface area (Å²) in [5, 5.41) is 11.5. The van der Waals surface area contributed by atoms with Gasteiger partial charge in [-0.1, -0.05) is 35.3 Å². The first-order valence-corrected chi connectivity index (χ1v) is 12.9. The standard InChI is InChI=1S/C24H20Cl2N2O2S2/c25-16-8-9-20(19(26)13-16)30-14-22(29)28-24(21-7-3-11-32-21)18-6-1-4-15(23(18)27-28)12-17-5-2-10-31-17/h2-3,5,7-13,18,24H,1,4,6,14H2/b15-12-/t18-,24+/m0/s1. The lowest BCUT2D eigenvalue weighted by atomic mass is 9.79. The minimum absolute atomic E-state index is 0.103. The molecule has 2 aromatic heterocycles. The molecular weight excluding hydrogens is 483 g/mol. The number of fused-ring (bicyclic) bond motifs is 1. The maximum atomic E-state index is 13.3. The molecule has 5 rings (SSSR count). The molecule has 3 aromatic rings. The smallest absolute Gasteiger partial charge is 0.281 e. The van der Waals surface area contributed by atoms with Crippen LogP contribution in [0, 0.1) is 5.92 Å². The molecular formula is C24H20Cl2N2O2S2. The van der Waals surface area contributed by atoms with Crippen LogP contribution in [0.2, 0.25) is 10.0 Å². The van der Waals surface area contributed by atoms with E-state index in [2.05, 4.69) is 29.7 Å². The molecule has 0 N–H and O–H groups in total. The van der Waals surface area contributed by atoms with Gasteiger partial charge in [-0.25, -0.2) is 5.01 Å². The fraction of sp³-hybridized carbons (Fsp3) is 0.250. The van der Waals surface area contributed by atoms with Crippen molar-refractivity contribution in [3.05, 3.63) is 78.6 Å². The summed E-state index contributed by atoms with van der Waals surface area (Å²) in [7, 11) is 0. The molecule has 1 saturated carbocycles. The van der Waals surface area contributed by atoms with E-state index in [1.807, 2.05) is 11.4 Å². The molecule has 32 heavy (non-hydrogen) atoms. The van der Waals surface area contributed by atoms with E-state index in [1.165, 1.54) is 10.5 Å². The van der Waals surface area contributed by atoms with Crippen molar-refractivity contribution in [2.45, 2.75) is 25.3 Å². The number of carbonyl (C=O) groups excluding carboxylic acids is 1. The average Bonchev–Trinajstić information content (AvgIpc) is 3.53. The van der Waals surface area contributed by atoms with Crippen molar-refractivity contribution in [1.82, 2.24) is 5.01 Å². The molecule has 3 heterocycles. The molecule has 0 bridgehead atoms. The highest BCUT2D eigenvalue weighted by Crippen LogP contribution is 2.45. The van der Waals surface area contributed by atoms with Crippen LogP contribution >= 0.6 is 45.9 Å². The predicted octanol–water partition coefficient (Wildman–Crippen LogP) is 7.32. The molecule has 1 aliphatic carbocycles. The number of thiophene rings is 2. The van der Waals surface area contributed by atoms with Crippen LogP contribution in [0.3, 0.4) is 0 Å². The maximum absolute atomic E-state index is 13.3. The Labute approximate surface area is 204 Å². The number of amides is 1. The van der Waals surface area contributed by atoms with Gasteiger partial charge in [0.15, 0.2) is 6.61 Å². The number of hydrazone groups is 1. The zero-order valence-corrected chi connectivity index (χ0v) is 20.2. The Morgan fingerprint density at radius 1 is 1.19 bits per heavy atom. The SMILES string of the molecule is O=C(COc1ccc(Cl)cc1Cl)N1N=C2/C(=C\c3cccs3)CCC[C@@H]2[C@@H]1c1cccs1. The van der Waals surface area contributed by atoms with Crippen molar-refractivity contribution >= 4 is 63.6 Å². The zero-order chi connectivity index (χ0) is 22.1. The Morgan fingerprint density at radius 2 is 2.03 bits per heavy atom. The second kappa shape index (κ2) is 9.40. The number of nitrogens with zero attached hydrogens (tertiary/aromatic N) is 2. The summed E-state index contributed by atoms with van der Waals surface area (Å²) in [6.07, 6.45) is 5.29. The molecule has 0 saturated heterocycles. The van der Waals surface area contributed by atoms with Crippen molar-refractivity contribution in [2.24, 2.45) is 11.0 Å². The number of rotatable bonds is 5. The largest absolute Gasteiger partial charge is 0.482 e. The highest BCUT2D eigenvalue weighted by Gasteiger charge is 2.44. The Morgan fingerprint density at radius 3 is 2.78 bits per heavy atom. The summed E-state index contributed by atoms with van der Waals surface area (Å²) in [5.74, 6) is 0.433. The van der Waals surface area contributed by atoms with Gasteiger partial charge in [0.1, 0.15) is 5.75 Å². The molecule has 8 heteroatoms. The zero-order valence-electron chi connectivity index (χ0n) is 17.0. The number of hydrogen-bond donors (Lipinski definition) is 0. The average molecular weight is 503 g/mol. The van der Waals surface area contributed by atoms with Crippen LogP contribution in [0.5, 0.6) is 5.75 Å². The first-order valence-electron chi connectivity index (χ1n) is 10.4. The molecule has 0 unspecified atom stereocenters. The minimum atomic E-state index is -0.188.